The number of anilines is 1. The van der Waals surface area contributed by atoms with E-state index in [1.165, 1.54) is 38.5 Å². The normalized spacial score (nSPS) is 24.4. The molecule has 1 saturated heterocycles. The number of fused-ring (bicyclic) bond motifs is 3. The lowest BCUT2D eigenvalue weighted by Crippen LogP contribution is -2.53. The third-order valence-corrected chi connectivity index (χ3v) is 7.85. The van der Waals surface area contributed by atoms with Crippen LogP contribution >= 0.6 is 0 Å². The van der Waals surface area contributed by atoms with Gasteiger partial charge in [0, 0.05) is 50.2 Å². The van der Waals surface area contributed by atoms with Gasteiger partial charge < -0.3 is 9.80 Å². The van der Waals surface area contributed by atoms with Crippen LogP contribution in [0.1, 0.15) is 84.1 Å². The van der Waals surface area contributed by atoms with Gasteiger partial charge in [-0.25, -0.2) is 0 Å². The van der Waals surface area contributed by atoms with Crippen LogP contribution in [0.15, 0.2) is 24.3 Å². The molecule has 1 aromatic carbocycles. The van der Waals surface area contributed by atoms with Gasteiger partial charge in [-0.3, -0.25) is 14.5 Å². The summed E-state index contributed by atoms with van der Waals surface area (Å²) in [4.78, 5) is 33.3. The summed E-state index contributed by atoms with van der Waals surface area (Å²) in [5.41, 5.74) is 2.10. The Labute approximate surface area is 200 Å². The van der Waals surface area contributed by atoms with E-state index >= 15 is 0 Å². The van der Waals surface area contributed by atoms with E-state index in [-0.39, 0.29) is 5.91 Å². The second-order valence-electron chi connectivity index (χ2n) is 10.9. The van der Waals surface area contributed by atoms with Gasteiger partial charge in [0.1, 0.15) is 0 Å². The Kier molecular flexibility index (Phi) is 8.11. The van der Waals surface area contributed by atoms with Crippen molar-refractivity contribution in [2.45, 2.75) is 97.2 Å². The standard InChI is InChI=1S/C28H43N3O2/c1-4-27(32)31-17-15-24-9-7-10-25(30(24)16-14-21(2)3)20-29(28(33)18-22-12-13-22)19-23-8-5-6-11-26(23)31/h5-6,8,11,21-22,24-25H,4,7,9-10,12-20H2,1-3H3. The minimum Gasteiger partial charge on any atom is -0.337 e. The molecule has 182 valence electrons. The topological polar surface area (TPSA) is 43.9 Å². The SMILES string of the molecule is CCC(=O)N1CCC2CCCC(CN(C(=O)CC3CC3)Cc3ccccc31)N2CCC(C)C. The predicted octanol–water partition coefficient (Wildman–Crippen LogP) is 5.23. The number of para-hydroxylation sites is 1. The van der Waals surface area contributed by atoms with Crippen LogP contribution in [0.3, 0.4) is 0 Å². The van der Waals surface area contributed by atoms with Gasteiger partial charge in [0.05, 0.1) is 0 Å². The zero-order valence-corrected chi connectivity index (χ0v) is 21.0. The first kappa shape index (κ1) is 24.3. The Morgan fingerprint density at radius 1 is 1.00 bits per heavy atom. The molecule has 5 heteroatoms. The van der Waals surface area contributed by atoms with Crippen LogP contribution in [0.2, 0.25) is 0 Å². The quantitative estimate of drug-likeness (QED) is 0.592. The van der Waals surface area contributed by atoms with Gasteiger partial charge >= 0.3 is 0 Å². The highest BCUT2D eigenvalue weighted by molar-refractivity contribution is 5.94. The van der Waals surface area contributed by atoms with Crippen LogP contribution in [0, 0.1) is 11.8 Å². The molecule has 33 heavy (non-hydrogen) atoms. The fourth-order valence-corrected chi connectivity index (χ4v) is 5.67. The molecule has 2 fully saturated rings. The van der Waals surface area contributed by atoms with Gasteiger partial charge in [-0.15, -0.1) is 0 Å². The lowest BCUT2D eigenvalue weighted by atomic mass is 9.92. The number of amides is 2. The molecule has 0 N–H and O–H groups in total. The molecule has 4 rings (SSSR count). The Morgan fingerprint density at radius 2 is 1.76 bits per heavy atom. The highest BCUT2D eigenvalue weighted by Gasteiger charge is 2.35. The molecule has 1 aliphatic carbocycles. The highest BCUT2D eigenvalue weighted by Crippen LogP contribution is 2.35. The van der Waals surface area contributed by atoms with E-state index in [0.29, 0.717) is 49.2 Å². The van der Waals surface area contributed by atoms with Gasteiger partial charge in [-0.1, -0.05) is 45.4 Å². The van der Waals surface area contributed by atoms with Crippen molar-refractivity contribution in [3.63, 3.8) is 0 Å². The van der Waals surface area contributed by atoms with Crippen LogP contribution in [-0.4, -0.2) is 53.3 Å². The maximum absolute atomic E-state index is 13.4. The molecular weight excluding hydrogens is 410 g/mol. The lowest BCUT2D eigenvalue weighted by molar-refractivity contribution is -0.133. The Balaban J connectivity index is 1.68. The molecule has 2 unspecified atom stereocenters. The number of nitrogens with zero attached hydrogens (tertiary/aromatic N) is 3. The van der Waals surface area contributed by atoms with Crippen molar-refractivity contribution in [2.75, 3.05) is 24.5 Å². The molecule has 1 aromatic rings. The summed E-state index contributed by atoms with van der Waals surface area (Å²) in [7, 11) is 0. The highest BCUT2D eigenvalue weighted by atomic mass is 16.2. The molecule has 0 spiro atoms. The summed E-state index contributed by atoms with van der Waals surface area (Å²) in [5.74, 6) is 1.73. The summed E-state index contributed by atoms with van der Waals surface area (Å²) < 4.78 is 0. The number of rotatable bonds is 6. The molecular formula is C28H43N3O2. The summed E-state index contributed by atoms with van der Waals surface area (Å²) in [6.07, 6.45) is 9.34. The van der Waals surface area contributed by atoms with Gasteiger partial charge in [0.2, 0.25) is 11.8 Å². The van der Waals surface area contributed by atoms with Gasteiger partial charge in [0.15, 0.2) is 0 Å². The molecule has 2 bridgehead atoms. The fourth-order valence-electron chi connectivity index (χ4n) is 5.67. The van der Waals surface area contributed by atoms with Crippen molar-refractivity contribution in [2.24, 2.45) is 11.8 Å². The first-order valence-electron chi connectivity index (χ1n) is 13.4. The van der Waals surface area contributed by atoms with E-state index < -0.39 is 0 Å². The number of carbonyl (C=O) groups excluding carboxylic acids is 2. The van der Waals surface area contributed by atoms with E-state index in [0.717, 1.165) is 37.3 Å². The van der Waals surface area contributed by atoms with Crippen molar-refractivity contribution in [1.82, 2.24) is 9.80 Å². The number of carbonyl (C=O) groups is 2. The Morgan fingerprint density at radius 3 is 2.48 bits per heavy atom. The number of hydrogen-bond donors (Lipinski definition) is 0. The Bertz CT molecular complexity index is 819. The second-order valence-corrected chi connectivity index (χ2v) is 10.9. The molecule has 3 aliphatic rings. The zero-order chi connectivity index (χ0) is 23.4. The van der Waals surface area contributed by atoms with E-state index in [9.17, 15) is 9.59 Å². The van der Waals surface area contributed by atoms with Crippen molar-refractivity contribution < 1.29 is 9.59 Å². The molecule has 5 nitrogen and oxygen atoms in total. The van der Waals surface area contributed by atoms with Crippen molar-refractivity contribution in [3.05, 3.63) is 29.8 Å². The maximum Gasteiger partial charge on any atom is 0.226 e. The van der Waals surface area contributed by atoms with E-state index in [4.69, 9.17) is 0 Å². The summed E-state index contributed by atoms with van der Waals surface area (Å²) in [6.45, 7) is 9.82. The number of piperidine rings is 1. The molecule has 2 atom stereocenters. The average Bonchev–Trinajstić information content (AvgIpc) is 3.62. The van der Waals surface area contributed by atoms with Gasteiger partial charge in [0.25, 0.3) is 0 Å². The minimum atomic E-state index is 0.179. The molecule has 2 aliphatic heterocycles. The summed E-state index contributed by atoms with van der Waals surface area (Å²) >= 11 is 0. The summed E-state index contributed by atoms with van der Waals surface area (Å²) in [5, 5.41) is 0. The van der Waals surface area contributed by atoms with Crippen molar-refractivity contribution in [3.8, 4) is 0 Å². The minimum absolute atomic E-state index is 0.179. The van der Waals surface area contributed by atoms with E-state index in [1.54, 1.807) is 0 Å². The Hall–Kier alpha value is -1.88. The van der Waals surface area contributed by atoms with Crippen molar-refractivity contribution in [1.29, 1.82) is 0 Å². The predicted molar refractivity (Wildman–Crippen MR) is 134 cm³/mol. The second kappa shape index (κ2) is 11.0. The first-order valence-corrected chi connectivity index (χ1v) is 13.4. The van der Waals surface area contributed by atoms with Gasteiger partial charge in [-0.2, -0.15) is 0 Å². The molecule has 0 radical (unpaired) electrons. The van der Waals surface area contributed by atoms with Crippen LogP contribution in [-0.2, 0) is 16.1 Å². The smallest absolute Gasteiger partial charge is 0.226 e. The molecule has 1 saturated carbocycles. The first-order chi connectivity index (χ1) is 16.0. The molecule has 0 aromatic heterocycles. The number of benzene rings is 1. The fraction of sp³-hybridized carbons (Fsp3) is 0.714. The third kappa shape index (κ3) is 6.17. The molecule has 2 amide bonds. The van der Waals surface area contributed by atoms with Gasteiger partial charge in [-0.05, 0) is 68.5 Å². The zero-order valence-electron chi connectivity index (χ0n) is 21.0. The molecule has 2 heterocycles. The van der Waals surface area contributed by atoms with E-state index in [1.807, 2.05) is 24.0 Å². The summed E-state index contributed by atoms with van der Waals surface area (Å²) in [6, 6.07) is 9.17. The largest absolute Gasteiger partial charge is 0.337 e. The monoisotopic (exact) mass is 453 g/mol. The maximum atomic E-state index is 13.4. The van der Waals surface area contributed by atoms with Crippen LogP contribution in [0.5, 0.6) is 0 Å². The third-order valence-electron chi connectivity index (χ3n) is 7.85. The van der Waals surface area contributed by atoms with E-state index in [2.05, 4.69) is 35.8 Å². The van der Waals surface area contributed by atoms with Crippen molar-refractivity contribution >= 4 is 17.5 Å². The van der Waals surface area contributed by atoms with Crippen LogP contribution in [0.4, 0.5) is 5.69 Å². The lowest BCUT2D eigenvalue weighted by Gasteiger charge is -2.44. The van der Waals surface area contributed by atoms with Crippen LogP contribution < -0.4 is 4.90 Å². The average molecular weight is 454 g/mol. The number of hydrogen-bond acceptors (Lipinski definition) is 3. The van der Waals surface area contributed by atoms with Crippen LogP contribution in [0.25, 0.3) is 0 Å².